The minimum absolute atomic E-state index is 0.0235. The summed E-state index contributed by atoms with van der Waals surface area (Å²) in [4.78, 5) is 80.3. The fourth-order valence-electron chi connectivity index (χ4n) is 8.12. The van der Waals surface area contributed by atoms with Crippen LogP contribution in [0.25, 0.3) is 0 Å². The van der Waals surface area contributed by atoms with E-state index in [0.717, 1.165) is 16.7 Å². The number of aliphatic hydroxyl groups is 1. The standard InChI is InChI=1S/C44H44N6O12/c1-24-22-50(43(57)48-40(24)55)35-20-32(51)33(62-35)21-45-36-37(39(54)38(36)53)46-31-19-30(61-41(31)49-18-17-34(52)47-42(49)56)23-60-44(25-7-5-4-6-8-25,26-9-13-28(58-2)14-10-26)27-11-15-29(59-3)16-12-27/h4-18,22,30-33,35,41,45-46,51H,19-21,23H2,1-3H3,(H,47,52,56)(H,48,55,57)/t30-,31+,32-,33+,35+,41+/m0/s1. The number of aromatic nitrogens is 4. The highest BCUT2D eigenvalue weighted by molar-refractivity contribution is 5.74. The van der Waals surface area contributed by atoms with Gasteiger partial charge in [-0.2, -0.15) is 0 Å². The third-order valence-corrected chi connectivity index (χ3v) is 11.4. The Labute approximate surface area is 352 Å². The predicted octanol–water partition coefficient (Wildman–Crippen LogP) is 1.85. The van der Waals surface area contributed by atoms with Gasteiger partial charge in [-0.3, -0.25) is 38.3 Å². The van der Waals surface area contributed by atoms with Crippen LogP contribution in [0, 0.1) is 6.92 Å². The van der Waals surface area contributed by atoms with Gasteiger partial charge in [0.2, 0.25) is 0 Å². The maximum Gasteiger partial charge on any atom is 0.330 e. The van der Waals surface area contributed by atoms with Crippen LogP contribution in [0.3, 0.4) is 0 Å². The zero-order valence-electron chi connectivity index (χ0n) is 33.9. The van der Waals surface area contributed by atoms with Gasteiger partial charge >= 0.3 is 11.4 Å². The first-order valence-electron chi connectivity index (χ1n) is 19.8. The summed E-state index contributed by atoms with van der Waals surface area (Å²) in [7, 11) is 3.17. The molecule has 4 aromatic carbocycles. The highest BCUT2D eigenvalue weighted by Crippen LogP contribution is 2.43. The number of methoxy groups -OCH3 is 2. The summed E-state index contributed by atoms with van der Waals surface area (Å²) in [5.74, 6) is 1.29. The van der Waals surface area contributed by atoms with Gasteiger partial charge in [-0.05, 0) is 47.9 Å². The Kier molecular flexibility index (Phi) is 11.6. The SMILES string of the molecule is COc1ccc(C(OC[C@@H]2C[C@@H](Nc3c(NC[C@H]4O[C@@H](n5cc(C)c(=O)[nH]c5=O)C[C@@H]4O)c(=O)c3=O)[C@H](n3ccc(=O)[nH]c3=O)O2)(c2ccccc2)c2ccc(OC)cc2)cc1. The smallest absolute Gasteiger partial charge is 0.330 e. The van der Waals surface area contributed by atoms with E-state index in [0.29, 0.717) is 11.5 Å². The molecule has 0 amide bonds. The topological polar surface area (TPSA) is 234 Å². The van der Waals surface area contributed by atoms with Crippen molar-refractivity contribution in [3.63, 3.8) is 0 Å². The molecule has 2 saturated heterocycles. The summed E-state index contributed by atoms with van der Waals surface area (Å²) in [6.07, 6.45) is -1.82. The normalized spacial score (nSPS) is 21.2. The maximum atomic E-state index is 13.2. The fourth-order valence-corrected chi connectivity index (χ4v) is 8.12. The zero-order chi connectivity index (χ0) is 43.7. The second-order valence-corrected chi connectivity index (χ2v) is 15.2. The van der Waals surface area contributed by atoms with Crippen LogP contribution in [-0.4, -0.2) is 75.9 Å². The second-order valence-electron chi connectivity index (χ2n) is 15.2. The molecule has 18 heteroatoms. The maximum absolute atomic E-state index is 13.2. The van der Waals surface area contributed by atoms with E-state index >= 15 is 0 Å². The van der Waals surface area contributed by atoms with Gasteiger partial charge in [0.1, 0.15) is 40.8 Å². The second kappa shape index (κ2) is 17.3. The highest BCUT2D eigenvalue weighted by Gasteiger charge is 2.43. The summed E-state index contributed by atoms with van der Waals surface area (Å²) in [6.45, 7) is 1.38. The molecule has 62 heavy (non-hydrogen) atoms. The van der Waals surface area contributed by atoms with E-state index in [4.69, 9.17) is 23.7 Å². The number of H-pyrrole nitrogens is 2. The molecule has 0 aliphatic carbocycles. The first-order chi connectivity index (χ1) is 29.9. The van der Waals surface area contributed by atoms with Crippen molar-refractivity contribution < 1.29 is 28.8 Å². The lowest BCUT2D eigenvalue weighted by Gasteiger charge is -2.37. The van der Waals surface area contributed by atoms with Crippen LogP contribution in [-0.2, 0) is 19.8 Å². The number of rotatable bonds is 15. The fraction of sp³-hybridized carbons (Fsp3) is 0.318. The first kappa shape index (κ1) is 41.9. The molecule has 2 aliphatic rings. The van der Waals surface area contributed by atoms with E-state index in [-0.39, 0.29) is 42.9 Å². The molecule has 2 aromatic heterocycles. The van der Waals surface area contributed by atoms with Crippen molar-refractivity contribution in [1.29, 1.82) is 0 Å². The number of aliphatic hydroxyl groups excluding tert-OH is 1. The summed E-state index contributed by atoms with van der Waals surface area (Å²) in [5.41, 5.74) is -2.95. The van der Waals surface area contributed by atoms with Gasteiger partial charge in [0.25, 0.3) is 22.0 Å². The summed E-state index contributed by atoms with van der Waals surface area (Å²) in [6, 6.07) is 25.0. The van der Waals surface area contributed by atoms with E-state index in [9.17, 15) is 33.9 Å². The van der Waals surface area contributed by atoms with Crippen molar-refractivity contribution in [1.82, 2.24) is 19.1 Å². The van der Waals surface area contributed by atoms with Crippen molar-refractivity contribution in [3.8, 4) is 11.5 Å². The Morgan fingerprint density at radius 3 is 2.00 bits per heavy atom. The lowest BCUT2D eigenvalue weighted by Crippen LogP contribution is -2.43. The third-order valence-electron chi connectivity index (χ3n) is 11.4. The Balaban J connectivity index is 1.07. The molecule has 0 spiro atoms. The molecule has 6 atom stereocenters. The average Bonchev–Trinajstić information content (AvgIpc) is 3.87. The van der Waals surface area contributed by atoms with E-state index in [1.54, 1.807) is 14.2 Å². The third kappa shape index (κ3) is 7.91. The van der Waals surface area contributed by atoms with Crippen molar-refractivity contribution in [3.05, 3.63) is 182 Å². The van der Waals surface area contributed by atoms with Gasteiger partial charge in [0.15, 0.2) is 6.23 Å². The number of hydrogen-bond donors (Lipinski definition) is 5. The summed E-state index contributed by atoms with van der Waals surface area (Å²) < 4.78 is 32.9. The van der Waals surface area contributed by atoms with Crippen molar-refractivity contribution in [2.24, 2.45) is 0 Å². The average molecular weight is 849 g/mol. The van der Waals surface area contributed by atoms with Crippen molar-refractivity contribution in [2.45, 2.75) is 62.2 Å². The minimum Gasteiger partial charge on any atom is -0.497 e. The van der Waals surface area contributed by atoms with Gasteiger partial charge in [0, 0.05) is 43.4 Å². The van der Waals surface area contributed by atoms with Gasteiger partial charge in [0.05, 0.1) is 39.1 Å². The number of nitrogens with zero attached hydrogens (tertiary/aromatic N) is 2. The monoisotopic (exact) mass is 848 g/mol. The molecule has 6 aromatic rings. The zero-order valence-corrected chi connectivity index (χ0v) is 33.9. The predicted molar refractivity (Wildman–Crippen MR) is 226 cm³/mol. The number of nitrogens with one attached hydrogen (secondary N) is 4. The number of hydrogen-bond acceptors (Lipinski definition) is 14. The van der Waals surface area contributed by atoms with Crippen LogP contribution in [0.1, 0.15) is 47.6 Å². The number of ether oxygens (including phenoxy) is 5. The number of aromatic amines is 2. The molecule has 4 heterocycles. The van der Waals surface area contributed by atoms with E-state index in [2.05, 4.69) is 20.6 Å². The summed E-state index contributed by atoms with van der Waals surface area (Å²) in [5, 5.41) is 16.9. The Morgan fingerprint density at radius 2 is 1.37 bits per heavy atom. The quantitative estimate of drug-likeness (QED) is 0.0734. The van der Waals surface area contributed by atoms with Gasteiger partial charge in [-0.15, -0.1) is 0 Å². The summed E-state index contributed by atoms with van der Waals surface area (Å²) >= 11 is 0. The molecule has 18 nitrogen and oxygen atoms in total. The van der Waals surface area contributed by atoms with Crippen LogP contribution in [0.4, 0.5) is 11.4 Å². The van der Waals surface area contributed by atoms with Gasteiger partial charge < -0.3 is 39.4 Å². The highest BCUT2D eigenvalue weighted by atomic mass is 16.6. The molecule has 322 valence electrons. The van der Waals surface area contributed by atoms with E-state index in [1.807, 2.05) is 78.9 Å². The van der Waals surface area contributed by atoms with Gasteiger partial charge in [-0.1, -0.05) is 54.6 Å². The van der Waals surface area contributed by atoms with Gasteiger partial charge in [-0.25, -0.2) is 9.59 Å². The molecule has 0 unspecified atom stereocenters. The molecule has 2 aliphatic heterocycles. The first-order valence-corrected chi connectivity index (χ1v) is 19.8. The van der Waals surface area contributed by atoms with Crippen LogP contribution in [0.5, 0.6) is 11.5 Å². The van der Waals surface area contributed by atoms with Crippen LogP contribution in [0.2, 0.25) is 0 Å². The molecule has 0 bridgehead atoms. The van der Waals surface area contributed by atoms with Crippen LogP contribution < -0.4 is 53.5 Å². The molecule has 8 rings (SSSR count). The number of anilines is 2. The lowest BCUT2D eigenvalue weighted by molar-refractivity contribution is -0.0781. The molecule has 2 fully saturated rings. The Bertz CT molecular complexity index is 2820. The largest absolute Gasteiger partial charge is 0.497 e. The number of benzene rings is 3. The Morgan fingerprint density at radius 1 is 0.758 bits per heavy atom. The Hall–Kier alpha value is -6.86. The molecular formula is C44H44N6O12. The molecule has 0 saturated carbocycles. The lowest BCUT2D eigenvalue weighted by atomic mass is 9.80. The van der Waals surface area contributed by atoms with E-state index in [1.165, 1.54) is 34.5 Å². The van der Waals surface area contributed by atoms with Crippen molar-refractivity contribution >= 4 is 11.4 Å². The van der Waals surface area contributed by atoms with Crippen LogP contribution >= 0.6 is 0 Å². The molecule has 5 N–H and O–H groups in total. The van der Waals surface area contributed by atoms with Crippen molar-refractivity contribution in [2.75, 3.05) is 38.0 Å². The van der Waals surface area contributed by atoms with Crippen LogP contribution in [0.15, 0.2) is 126 Å². The molecular weight excluding hydrogens is 805 g/mol. The number of aryl methyl sites for hydroxylation is 1. The van der Waals surface area contributed by atoms with E-state index < -0.39 is 75.8 Å². The molecule has 0 radical (unpaired) electrons. The minimum atomic E-state index is -1.20.